The molecule has 266 valence electrons. The van der Waals surface area contributed by atoms with E-state index in [2.05, 4.69) is 4.98 Å². The Bertz CT molecular complexity index is 1880. The van der Waals surface area contributed by atoms with Gasteiger partial charge in [-0.1, -0.05) is 11.6 Å². The van der Waals surface area contributed by atoms with Gasteiger partial charge in [0.1, 0.15) is 29.1 Å². The number of aromatic nitrogens is 1. The number of aldehydes is 1. The fraction of sp³-hybridized carbons (Fsp3) is 0.447. The molecule has 1 aliphatic carbocycles. The third-order valence-electron chi connectivity index (χ3n) is 10.1. The van der Waals surface area contributed by atoms with Crippen LogP contribution < -0.4 is 14.2 Å². The van der Waals surface area contributed by atoms with Crippen molar-refractivity contribution in [3.63, 3.8) is 0 Å². The first-order chi connectivity index (χ1) is 24.1. The van der Waals surface area contributed by atoms with Crippen LogP contribution in [-0.4, -0.2) is 82.1 Å². The van der Waals surface area contributed by atoms with E-state index in [-0.39, 0.29) is 72.4 Å². The monoisotopic (exact) mass is 689 g/mol. The van der Waals surface area contributed by atoms with Gasteiger partial charge in [-0.25, -0.2) is 4.79 Å². The van der Waals surface area contributed by atoms with Crippen molar-refractivity contribution in [3.8, 4) is 17.2 Å². The van der Waals surface area contributed by atoms with E-state index in [0.29, 0.717) is 47.8 Å². The Morgan fingerprint density at radius 3 is 2.60 bits per heavy atom. The molecule has 0 saturated heterocycles. The van der Waals surface area contributed by atoms with E-state index in [4.69, 9.17) is 18.9 Å². The molecule has 0 unspecified atom stereocenters. The summed E-state index contributed by atoms with van der Waals surface area (Å²) < 4.78 is 23.9. The van der Waals surface area contributed by atoms with Crippen molar-refractivity contribution in [1.29, 1.82) is 0 Å². The van der Waals surface area contributed by atoms with E-state index in [1.807, 2.05) is 30.5 Å². The number of allylic oxidation sites excluding steroid dienone is 3. The fourth-order valence-corrected chi connectivity index (χ4v) is 7.58. The minimum Gasteiger partial charge on any atom is -0.496 e. The topological polar surface area (TPSA) is 185 Å². The number of nitrogens with one attached hydrogen (secondary N) is 1. The third-order valence-corrected chi connectivity index (χ3v) is 10.1. The van der Waals surface area contributed by atoms with Gasteiger partial charge in [-0.15, -0.1) is 0 Å². The number of carbonyl (C=O) groups is 3. The molecule has 12 heteroatoms. The molecule has 5 N–H and O–H groups in total. The number of hydrogen-bond acceptors (Lipinski definition) is 11. The van der Waals surface area contributed by atoms with Crippen LogP contribution in [0.4, 0.5) is 0 Å². The summed E-state index contributed by atoms with van der Waals surface area (Å²) in [5.41, 5.74) is 2.17. The second kappa shape index (κ2) is 14.4. The summed E-state index contributed by atoms with van der Waals surface area (Å²) in [6.45, 7) is 2.24. The Kier molecular flexibility index (Phi) is 10.2. The largest absolute Gasteiger partial charge is 0.496 e. The number of ether oxygens (including phenoxy) is 4. The number of fused-ring (bicyclic) bond motifs is 3. The zero-order chi connectivity index (χ0) is 35.7. The maximum Gasteiger partial charge on any atom is 0.375 e. The highest BCUT2D eigenvalue weighted by molar-refractivity contribution is 6.11. The normalized spacial score (nSPS) is 22.8. The lowest BCUT2D eigenvalue weighted by atomic mass is 9.71. The van der Waals surface area contributed by atoms with Gasteiger partial charge in [-0.2, -0.15) is 0 Å². The lowest BCUT2D eigenvalue weighted by Crippen LogP contribution is -2.42. The average molecular weight is 690 g/mol. The Hall–Kier alpha value is -4.49. The van der Waals surface area contributed by atoms with Crippen LogP contribution in [-0.2, 0) is 32.1 Å². The number of ketones is 1. The van der Waals surface area contributed by atoms with Gasteiger partial charge in [-0.3, -0.25) is 9.59 Å². The number of hydrogen-bond donors (Lipinski definition) is 5. The van der Waals surface area contributed by atoms with Crippen molar-refractivity contribution in [3.05, 3.63) is 69.6 Å². The van der Waals surface area contributed by atoms with Crippen molar-refractivity contribution < 1.29 is 53.8 Å². The van der Waals surface area contributed by atoms with Gasteiger partial charge in [0.25, 0.3) is 0 Å². The summed E-state index contributed by atoms with van der Waals surface area (Å²) in [5, 5.41) is 42.9. The molecule has 1 aromatic heterocycles. The van der Waals surface area contributed by atoms with Crippen molar-refractivity contribution in [1.82, 2.24) is 4.98 Å². The van der Waals surface area contributed by atoms with Crippen LogP contribution in [0.3, 0.4) is 0 Å². The van der Waals surface area contributed by atoms with Gasteiger partial charge in [0, 0.05) is 47.7 Å². The van der Waals surface area contributed by atoms with Crippen molar-refractivity contribution in [2.75, 3.05) is 26.9 Å². The van der Waals surface area contributed by atoms with E-state index in [1.165, 1.54) is 7.11 Å². The predicted molar refractivity (Wildman–Crippen MR) is 182 cm³/mol. The number of aliphatic hydroxyl groups is 4. The second-order valence-electron chi connectivity index (χ2n) is 13.3. The van der Waals surface area contributed by atoms with Crippen LogP contribution in [0.1, 0.15) is 74.1 Å². The van der Waals surface area contributed by atoms with Crippen molar-refractivity contribution >= 4 is 34.5 Å². The van der Waals surface area contributed by atoms with E-state index >= 15 is 0 Å². The van der Waals surface area contributed by atoms with E-state index in [1.54, 1.807) is 13.8 Å². The molecule has 50 heavy (non-hydrogen) atoms. The number of H-pyrrole nitrogens is 1. The smallest absolute Gasteiger partial charge is 0.375 e. The molecule has 4 atom stereocenters. The quantitative estimate of drug-likeness (QED) is 0.106. The number of aromatic amines is 1. The second-order valence-corrected chi connectivity index (χ2v) is 13.3. The van der Waals surface area contributed by atoms with Crippen LogP contribution in [0.2, 0.25) is 0 Å². The number of Topliss-reactive ketones (excluding diaryl/α,β-unsaturated/α-hetero) is 1. The maximum absolute atomic E-state index is 13.8. The molecule has 6 rings (SSSR count). The van der Waals surface area contributed by atoms with Gasteiger partial charge in [0.2, 0.25) is 5.76 Å². The first-order valence-electron chi connectivity index (χ1n) is 17.0. The summed E-state index contributed by atoms with van der Waals surface area (Å²) >= 11 is 0. The highest BCUT2D eigenvalue weighted by Gasteiger charge is 2.46. The Morgan fingerprint density at radius 1 is 1.12 bits per heavy atom. The first-order valence-corrected chi connectivity index (χ1v) is 17.0. The number of rotatable bonds is 12. The number of benzene rings is 2. The molecule has 0 bridgehead atoms. The van der Waals surface area contributed by atoms with Crippen LogP contribution in [0, 0.1) is 5.92 Å². The summed E-state index contributed by atoms with van der Waals surface area (Å²) in [6.07, 6.45) is 3.42. The molecular formula is C38H43NO11. The maximum atomic E-state index is 13.8. The lowest BCUT2D eigenvalue weighted by Gasteiger charge is -2.34. The molecule has 0 radical (unpaired) electrons. The first kappa shape index (κ1) is 35.3. The number of methoxy groups -OCH3 is 1. The molecule has 3 aliphatic rings. The highest BCUT2D eigenvalue weighted by Crippen LogP contribution is 2.56. The molecule has 2 aliphatic heterocycles. The molecule has 1 fully saturated rings. The molecule has 3 heterocycles. The molecule has 1 saturated carbocycles. The number of esters is 1. The minimum absolute atomic E-state index is 0.00208. The van der Waals surface area contributed by atoms with Crippen molar-refractivity contribution in [2.45, 2.75) is 76.6 Å². The zero-order valence-electron chi connectivity index (χ0n) is 28.4. The Balaban J connectivity index is 1.58. The van der Waals surface area contributed by atoms with Crippen molar-refractivity contribution in [2.24, 2.45) is 5.92 Å². The summed E-state index contributed by atoms with van der Waals surface area (Å²) in [4.78, 5) is 43.4. The fourth-order valence-electron chi connectivity index (χ4n) is 7.58. The summed E-state index contributed by atoms with van der Waals surface area (Å²) in [5.74, 6) is -2.36. The number of unbranched alkanes of at least 4 members (excludes halogenated alkanes) is 1. The van der Waals surface area contributed by atoms with E-state index in [0.717, 1.165) is 16.5 Å². The molecule has 0 amide bonds. The van der Waals surface area contributed by atoms with Crippen LogP contribution in [0.5, 0.6) is 17.2 Å². The minimum atomic E-state index is -1.32. The zero-order valence-corrected chi connectivity index (χ0v) is 28.4. The average Bonchev–Trinajstić information content (AvgIpc) is 3.78. The Labute approximate surface area is 289 Å². The third kappa shape index (κ3) is 6.10. The summed E-state index contributed by atoms with van der Waals surface area (Å²) in [7, 11) is 1.45. The van der Waals surface area contributed by atoms with Gasteiger partial charge < -0.3 is 44.4 Å². The molecule has 3 aromatic rings. The lowest BCUT2D eigenvalue weighted by molar-refractivity contribution is -0.141. The number of carbonyl (C=O) groups excluding carboxylic acids is 3. The standard InChI is InChI=1S/C38H43NO11/c1-4-48-37(45)36-26(18-42)30(22-14-23(17-41)32(44)24(15-22)20-7-8-28-21(13-20)9-11-39-28)31-34(47-3)25-16-29(38(2,46)10-5-6-12-40)49-33(25)27(19-43)35(31)50-36/h7-9,11,13,18,23-24,29,39-41,43,46H,4-6,10,12,14-17,19H2,1-3H3/b30-22-/t23-,24-,29+,38+/m1/s1. The van der Waals surface area contributed by atoms with E-state index < -0.39 is 42.7 Å². The Morgan fingerprint density at radius 2 is 1.92 bits per heavy atom. The summed E-state index contributed by atoms with van der Waals surface area (Å²) in [6, 6.07) is 7.59. The molecular weight excluding hydrogens is 646 g/mol. The molecule has 0 spiro atoms. The molecule has 2 aromatic carbocycles. The van der Waals surface area contributed by atoms with E-state index in [9.17, 15) is 34.8 Å². The van der Waals surface area contributed by atoms with Gasteiger partial charge in [0.05, 0.1) is 49.2 Å². The SMILES string of the molecule is CCOC(=O)C1=C(C=O)/C(=C2\C[C@H](CO)C(=O)[C@@H](c3ccc4[nH]ccc4c3)C2)c2c(OC)c3c(c(CO)c2O1)O[C@H]([C@@](C)(O)CCCCO)C3. The highest BCUT2D eigenvalue weighted by atomic mass is 16.6. The van der Waals surface area contributed by atoms with Crippen LogP contribution in [0.25, 0.3) is 16.5 Å². The van der Waals surface area contributed by atoms with Gasteiger partial charge in [0.15, 0.2) is 6.29 Å². The van der Waals surface area contributed by atoms with Gasteiger partial charge in [-0.05, 0) is 75.1 Å². The number of aliphatic hydroxyl groups excluding tert-OH is 3. The van der Waals surface area contributed by atoms with Crippen LogP contribution >= 0.6 is 0 Å². The molecule has 12 nitrogen and oxygen atoms in total. The van der Waals surface area contributed by atoms with Crippen LogP contribution in [0.15, 0.2) is 47.4 Å². The van der Waals surface area contributed by atoms with Gasteiger partial charge >= 0.3 is 5.97 Å². The predicted octanol–water partition coefficient (Wildman–Crippen LogP) is 3.80.